The molecule has 1 aromatic carbocycles. The Morgan fingerprint density at radius 3 is 2.88 bits per heavy atom. The maximum atomic E-state index is 5.48. The summed E-state index contributed by atoms with van der Waals surface area (Å²) in [4.78, 5) is 7.68. The van der Waals surface area contributed by atoms with Crippen LogP contribution in [-0.2, 0) is 5.41 Å². The molecule has 0 aliphatic heterocycles. The molecule has 2 aromatic rings. The zero-order valence-electron chi connectivity index (χ0n) is 10.7. The number of nitrogens with zero attached hydrogens (tertiary/aromatic N) is 1. The smallest absolute Gasteiger partial charge is 0.104 e. The normalized spacial score (nSPS) is 12.2. The Hall–Kier alpha value is -1.39. The monoisotopic (exact) mass is 232 g/mol. The molecule has 4 N–H and O–H groups in total. The molecule has 17 heavy (non-hydrogen) atoms. The van der Waals surface area contributed by atoms with E-state index in [1.54, 1.807) is 0 Å². The van der Waals surface area contributed by atoms with E-state index in [2.05, 4.69) is 47.3 Å². The number of hydrogen-bond acceptors (Lipinski definition) is 3. The zero-order valence-corrected chi connectivity index (χ0v) is 10.7. The van der Waals surface area contributed by atoms with Gasteiger partial charge in [-0.15, -0.1) is 0 Å². The molecular formula is C13H20N4. The van der Waals surface area contributed by atoms with Gasteiger partial charge in [0.15, 0.2) is 0 Å². The van der Waals surface area contributed by atoms with Crippen LogP contribution >= 0.6 is 0 Å². The van der Waals surface area contributed by atoms with Crippen molar-refractivity contribution in [3.8, 4) is 0 Å². The summed E-state index contributed by atoms with van der Waals surface area (Å²) in [6.45, 7) is 7.76. The second-order valence-electron chi connectivity index (χ2n) is 5.07. The van der Waals surface area contributed by atoms with Gasteiger partial charge < -0.3 is 16.0 Å². The van der Waals surface area contributed by atoms with Crippen LogP contribution in [0.2, 0.25) is 0 Å². The van der Waals surface area contributed by atoms with Crippen LogP contribution in [0.1, 0.15) is 25.2 Å². The molecule has 0 unspecified atom stereocenters. The Morgan fingerprint density at radius 2 is 2.18 bits per heavy atom. The van der Waals surface area contributed by atoms with Crippen LogP contribution in [0.25, 0.3) is 11.0 Å². The predicted octanol–water partition coefficient (Wildman–Crippen LogP) is 1.65. The van der Waals surface area contributed by atoms with Gasteiger partial charge >= 0.3 is 0 Å². The third kappa shape index (κ3) is 2.48. The lowest BCUT2D eigenvalue weighted by atomic mass is 9.84. The third-order valence-electron chi connectivity index (χ3n) is 3.09. The van der Waals surface area contributed by atoms with Gasteiger partial charge in [0.1, 0.15) is 5.82 Å². The number of aromatic nitrogens is 2. The molecule has 0 saturated carbocycles. The average Bonchev–Trinajstić information content (AvgIpc) is 2.65. The Bertz CT molecular complexity index is 513. The van der Waals surface area contributed by atoms with Gasteiger partial charge in [-0.1, -0.05) is 19.9 Å². The van der Waals surface area contributed by atoms with Gasteiger partial charge in [0.05, 0.1) is 11.0 Å². The highest BCUT2D eigenvalue weighted by Gasteiger charge is 2.20. The number of H-pyrrole nitrogens is 1. The first-order chi connectivity index (χ1) is 8.03. The van der Waals surface area contributed by atoms with E-state index in [0.29, 0.717) is 6.67 Å². The predicted molar refractivity (Wildman–Crippen MR) is 70.9 cm³/mol. The minimum absolute atomic E-state index is 0.0621. The lowest BCUT2D eigenvalue weighted by molar-refractivity contribution is 0.475. The first-order valence-electron chi connectivity index (χ1n) is 5.90. The summed E-state index contributed by atoms with van der Waals surface area (Å²) in [5.41, 5.74) is 8.95. The number of fused-ring (bicyclic) bond motifs is 1. The van der Waals surface area contributed by atoms with Crippen LogP contribution < -0.4 is 11.1 Å². The maximum Gasteiger partial charge on any atom is 0.104 e. The summed E-state index contributed by atoms with van der Waals surface area (Å²) in [7, 11) is 0. The second kappa shape index (κ2) is 4.47. The molecule has 0 aliphatic carbocycles. The van der Waals surface area contributed by atoms with Crippen LogP contribution in [-0.4, -0.2) is 23.2 Å². The molecule has 0 spiro atoms. The van der Waals surface area contributed by atoms with Crippen LogP contribution in [0.4, 0.5) is 0 Å². The molecule has 2 rings (SSSR count). The highest BCUT2D eigenvalue weighted by molar-refractivity contribution is 5.76. The first kappa shape index (κ1) is 12.1. The Labute approximate surface area is 102 Å². The van der Waals surface area contributed by atoms with E-state index >= 15 is 0 Å². The van der Waals surface area contributed by atoms with Crippen molar-refractivity contribution in [1.82, 2.24) is 15.3 Å². The van der Waals surface area contributed by atoms with Gasteiger partial charge in [-0.3, -0.25) is 0 Å². The van der Waals surface area contributed by atoms with E-state index in [1.807, 2.05) is 6.92 Å². The minimum Gasteiger partial charge on any atom is -0.342 e. The number of imidazole rings is 1. The molecular weight excluding hydrogens is 212 g/mol. The van der Waals surface area contributed by atoms with Crippen LogP contribution in [0, 0.1) is 6.92 Å². The third-order valence-corrected chi connectivity index (χ3v) is 3.09. The lowest BCUT2D eigenvalue weighted by Gasteiger charge is -2.25. The molecule has 0 radical (unpaired) electrons. The average molecular weight is 232 g/mol. The van der Waals surface area contributed by atoms with Crippen molar-refractivity contribution in [2.75, 3.05) is 13.2 Å². The summed E-state index contributed by atoms with van der Waals surface area (Å²) in [5, 5.41) is 3.19. The molecule has 1 heterocycles. The van der Waals surface area contributed by atoms with Gasteiger partial charge in [-0.05, 0) is 24.6 Å². The van der Waals surface area contributed by atoms with Crippen molar-refractivity contribution in [3.05, 3.63) is 29.6 Å². The van der Waals surface area contributed by atoms with Crippen molar-refractivity contribution in [3.63, 3.8) is 0 Å². The van der Waals surface area contributed by atoms with Gasteiger partial charge in [0.2, 0.25) is 0 Å². The number of benzene rings is 1. The van der Waals surface area contributed by atoms with E-state index in [0.717, 1.165) is 23.4 Å². The molecule has 0 aliphatic rings. The fraction of sp³-hybridized carbons (Fsp3) is 0.462. The number of aryl methyl sites for hydroxylation is 1. The summed E-state index contributed by atoms with van der Waals surface area (Å²) in [6.07, 6.45) is 0. The Balaban J connectivity index is 2.34. The van der Waals surface area contributed by atoms with Crippen molar-refractivity contribution >= 4 is 11.0 Å². The quantitative estimate of drug-likeness (QED) is 0.702. The minimum atomic E-state index is 0.0621. The fourth-order valence-electron chi connectivity index (χ4n) is 2.04. The maximum absolute atomic E-state index is 5.48. The number of nitrogens with two attached hydrogens (primary N) is 1. The molecule has 0 fully saturated rings. The SMILES string of the molecule is Cc1nc2ccc(C(C)(C)CNCN)cc2[nH]1. The molecule has 4 nitrogen and oxygen atoms in total. The second-order valence-corrected chi connectivity index (χ2v) is 5.07. The van der Waals surface area contributed by atoms with E-state index in [4.69, 9.17) is 5.73 Å². The molecule has 0 amide bonds. The van der Waals surface area contributed by atoms with Gasteiger partial charge in [0.25, 0.3) is 0 Å². The number of aromatic amines is 1. The Morgan fingerprint density at radius 1 is 1.41 bits per heavy atom. The molecule has 92 valence electrons. The van der Waals surface area contributed by atoms with E-state index in [9.17, 15) is 0 Å². The van der Waals surface area contributed by atoms with E-state index in [1.165, 1.54) is 5.56 Å². The van der Waals surface area contributed by atoms with Gasteiger partial charge in [-0.25, -0.2) is 4.98 Å². The van der Waals surface area contributed by atoms with Crippen molar-refractivity contribution in [2.45, 2.75) is 26.2 Å². The molecule has 4 heteroatoms. The van der Waals surface area contributed by atoms with Crippen LogP contribution in [0.5, 0.6) is 0 Å². The summed E-state index contributed by atoms with van der Waals surface area (Å²) in [6, 6.07) is 6.38. The largest absolute Gasteiger partial charge is 0.342 e. The van der Waals surface area contributed by atoms with Crippen molar-refractivity contribution in [2.24, 2.45) is 5.73 Å². The number of rotatable bonds is 4. The highest BCUT2D eigenvalue weighted by Crippen LogP contribution is 2.25. The molecule has 0 atom stereocenters. The van der Waals surface area contributed by atoms with E-state index < -0.39 is 0 Å². The van der Waals surface area contributed by atoms with E-state index in [-0.39, 0.29) is 5.41 Å². The van der Waals surface area contributed by atoms with Crippen LogP contribution in [0.3, 0.4) is 0 Å². The molecule has 1 aromatic heterocycles. The lowest BCUT2D eigenvalue weighted by Crippen LogP contribution is -2.35. The molecule has 0 bridgehead atoms. The van der Waals surface area contributed by atoms with Crippen molar-refractivity contribution in [1.29, 1.82) is 0 Å². The zero-order chi connectivity index (χ0) is 12.5. The summed E-state index contributed by atoms with van der Waals surface area (Å²) < 4.78 is 0. The van der Waals surface area contributed by atoms with Gasteiger partial charge in [-0.2, -0.15) is 0 Å². The standard InChI is InChI=1S/C13H20N4/c1-9-16-11-5-4-10(6-12(11)17-9)13(2,3)7-15-8-14/h4-6,15H,7-8,14H2,1-3H3,(H,16,17). The summed E-state index contributed by atoms with van der Waals surface area (Å²) >= 11 is 0. The fourth-order valence-corrected chi connectivity index (χ4v) is 2.04. The highest BCUT2D eigenvalue weighted by atomic mass is 15.0. The Kier molecular flexibility index (Phi) is 3.17. The van der Waals surface area contributed by atoms with Crippen molar-refractivity contribution < 1.29 is 0 Å². The summed E-state index contributed by atoms with van der Waals surface area (Å²) in [5.74, 6) is 0.954. The molecule has 0 saturated heterocycles. The topological polar surface area (TPSA) is 66.7 Å². The van der Waals surface area contributed by atoms with Crippen LogP contribution in [0.15, 0.2) is 18.2 Å². The number of nitrogens with one attached hydrogen (secondary N) is 2. The first-order valence-corrected chi connectivity index (χ1v) is 5.90. The number of hydrogen-bond donors (Lipinski definition) is 3. The van der Waals surface area contributed by atoms with Gasteiger partial charge in [0, 0.05) is 18.6 Å².